The first kappa shape index (κ1) is 27.5. The van der Waals surface area contributed by atoms with Gasteiger partial charge in [0.1, 0.15) is 30.7 Å². The van der Waals surface area contributed by atoms with Crippen LogP contribution in [0.3, 0.4) is 0 Å². The molecular weight excluding hydrogens is 563 g/mol. The van der Waals surface area contributed by atoms with Crippen LogP contribution in [0.15, 0.2) is 30.9 Å². The van der Waals surface area contributed by atoms with E-state index in [9.17, 15) is 28.7 Å². The summed E-state index contributed by atoms with van der Waals surface area (Å²) in [6.45, 7) is 0.651. The highest BCUT2D eigenvalue weighted by Crippen LogP contribution is 2.43. The number of aromatic nitrogens is 2. The highest BCUT2D eigenvalue weighted by molar-refractivity contribution is 8.04. The summed E-state index contributed by atoms with van der Waals surface area (Å²) in [5.41, 5.74) is 5.34. The third-order valence-electron chi connectivity index (χ3n) is 5.36. The number of nitrogens with one attached hydrogen (secondary N) is 1. The van der Waals surface area contributed by atoms with Gasteiger partial charge < -0.3 is 25.7 Å². The van der Waals surface area contributed by atoms with Gasteiger partial charge in [0.2, 0.25) is 0 Å². The minimum atomic E-state index is -1.31. The van der Waals surface area contributed by atoms with E-state index < -0.39 is 42.5 Å². The number of rotatable bonds is 11. The van der Waals surface area contributed by atoms with E-state index in [1.165, 1.54) is 10.8 Å². The van der Waals surface area contributed by atoms with Crippen molar-refractivity contribution in [2.75, 3.05) is 25.6 Å². The first-order chi connectivity index (χ1) is 18.2. The van der Waals surface area contributed by atoms with Crippen LogP contribution in [-0.4, -0.2) is 81.4 Å². The number of fused-ring (bicyclic) bond motifs is 1. The molecule has 4 heterocycles. The zero-order valence-corrected chi connectivity index (χ0v) is 22.2. The number of oxime groups is 1. The predicted octanol–water partition coefficient (Wildman–Crippen LogP) is 1.63. The molecular formula is C21H21FN6O7S3. The fourth-order valence-electron chi connectivity index (χ4n) is 3.79. The van der Waals surface area contributed by atoms with Gasteiger partial charge in [-0.1, -0.05) is 16.9 Å². The Balaban J connectivity index is 1.50. The molecule has 2 aromatic rings. The second-order valence-electron chi connectivity index (χ2n) is 7.70. The number of carboxylic acid groups (broad SMARTS) is 1. The average Bonchev–Trinajstić information content (AvgIpc) is 3.54. The second-order valence-corrected chi connectivity index (χ2v) is 10.8. The number of carbonyl (C=O) groups is 4. The number of β-lactam (4-membered cyclic amide) rings is 1. The largest absolute Gasteiger partial charge is 0.477 e. The third-order valence-corrected chi connectivity index (χ3v) is 8.12. The Hall–Kier alpha value is -3.57. The van der Waals surface area contributed by atoms with Crippen LogP contribution in [0, 0.1) is 0 Å². The zero-order chi connectivity index (χ0) is 27.4. The molecule has 0 saturated carbocycles. The van der Waals surface area contributed by atoms with Crippen molar-refractivity contribution in [3.05, 3.63) is 32.8 Å². The molecule has 0 aromatic carbocycles. The smallest absolute Gasteiger partial charge is 0.357 e. The number of anilines is 1. The van der Waals surface area contributed by atoms with Crippen LogP contribution in [0.2, 0.25) is 0 Å². The van der Waals surface area contributed by atoms with E-state index >= 15 is 0 Å². The van der Waals surface area contributed by atoms with Crippen LogP contribution in [0.1, 0.15) is 35.9 Å². The average molecular weight is 585 g/mol. The number of halogens is 1. The van der Waals surface area contributed by atoms with Crippen molar-refractivity contribution in [1.29, 1.82) is 0 Å². The van der Waals surface area contributed by atoms with Crippen LogP contribution < -0.4 is 11.1 Å². The van der Waals surface area contributed by atoms with E-state index in [0.29, 0.717) is 22.1 Å². The molecule has 2 amide bonds. The van der Waals surface area contributed by atoms with E-state index in [1.54, 1.807) is 6.92 Å². The van der Waals surface area contributed by atoms with Crippen molar-refractivity contribution in [2.45, 2.75) is 36.2 Å². The maximum Gasteiger partial charge on any atom is 0.357 e. The van der Waals surface area contributed by atoms with Crippen LogP contribution in [0.5, 0.6) is 0 Å². The molecule has 0 spiro atoms. The van der Waals surface area contributed by atoms with Gasteiger partial charge in [-0.05, 0) is 19.8 Å². The minimum absolute atomic E-state index is 0.0894. The Kier molecular flexibility index (Phi) is 8.58. The van der Waals surface area contributed by atoms with Crippen LogP contribution >= 0.6 is 34.4 Å². The number of hydrogen-bond donors (Lipinski definition) is 3. The molecule has 4 rings (SSSR count). The van der Waals surface area contributed by atoms with E-state index in [1.807, 2.05) is 0 Å². The van der Waals surface area contributed by atoms with E-state index in [2.05, 4.69) is 20.4 Å². The maximum absolute atomic E-state index is 13.0. The van der Waals surface area contributed by atoms with Gasteiger partial charge in [-0.2, -0.15) is 0 Å². The number of carboxylic acids is 1. The highest BCUT2D eigenvalue weighted by Gasteiger charge is 2.54. The number of ether oxygens (including phenoxy) is 1. The molecule has 1 fully saturated rings. The molecule has 2 aliphatic rings. The van der Waals surface area contributed by atoms with E-state index in [-0.39, 0.29) is 41.1 Å². The van der Waals surface area contributed by atoms with Crippen molar-refractivity contribution >= 4 is 69.0 Å². The molecule has 1 saturated heterocycles. The lowest BCUT2D eigenvalue weighted by molar-refractivity contribution is -0.155. The lowest BCUT2D eigenvalue weighted by Crippen LogP contribution is -2.72. The Morgan fingerprint density at radius 3 is 2.74 bits per heavy atom. The van der Waals surface area contributed by atoms with Gasteiger partial charge in [0, 0.05) is 15.7 Å². The normalized spacial score (nSPS) is 19.1. The van der Waals surface area contributed by atoms with Gasteiger partial charge in [-0.3, -0.25) is 14.5 Å². The number of nitrogens with zero attached hydrogens (tertiary/aromatic N) is 4. The standard InChI is InChI=1S/C21H21FN6O7S3/c1-2-34-19(33)10-8-37-21(25-10)38-12-4-3-11-14(17(30)28(11)15(12)18(31)32)26-16(29)13(27-35-6-5-22)9-7-36-20(23)24-9/h7-8,11,14H,2-6H2,1H3,(H2,23,24)(H,26,29)(H,31,32)/b27-13+/t11-,14+/m1/s1. The first-order valence-electron chi connectivity index (χ1n) is 11.1. The van der Waals surface area contributed by atoms with Crippen LogP contribution in [-0.2, 0) is 24.0 Å². The number of thiazole rings is 2. The lowest BCUT2D eigenvalue weighted by Gasteiger charge is -2.49. The Morgan fingerprint density at radius 2 is 2.08 bits per heavy atom. The number of thioether (sulfide) groups is 1. The van der Waals surface area contributed by atoms with Crippen LogP contribution in [0.4, 0.5) is 9.52 Å². The number of alkyl halides is 1. The van der Waals surface area contributed by atoms with Crippen LogP contribution in [0.25, 0.3) is 0 Å². The molecule has 0 aliphatic carbocycles. The molecule has 2 atom stereocenters. The molecule has 202 valence electrons. The summed E-state index contributed by atoms with van der Waals surface area (Å²) in [6.07, 6.45) is 0.658. The van der Waals surface area contributed by atoms with Crippen molar-refractivity contribution in [1.82, 2.24) is 20.2 Å². The highest BCUT2D eigenvalue weighted by atomic mass is 32.2. The maximum atomic E-state index is 13.0. The topological polar surface area (TPSA) is 186 Å². The Bertz CT molecular complexity index is 1330. The summed E-state index contributed by atoms with van der Waals surface area (Å²) in [6, 6.07) is -1.62. The molecule has 2 aromatic heterocycles. The van der Waals surface area contributed by atoms with Gasteiger partial charge in [-0.25, -0.2) is 23.9 Å². The SMILES string of the molecule is CCOC(=O)c1csc(SC2=C(C(=O)O)N3C(=O)[C@@H](NC(=O)/C(=N/OCCF)c4csc(N)n4)[C@H]3CC2)n1. The van der Waals surface area contributed by atoms with Crippen molar-refractivity contribution in [2.24, 2.45) is 5.16 Å². The Morgan fingerprint density at radius 1 is 1.32 bits per heavy atom. The molecule has 4 N–H and O–H groups in total. The van der Waals surface area contributed by atoms with Crippen molar-refractivity contribution in [3.8, 4) is 0 Å². The summed E-state index contributed by atoms with van der Waals surface area (Å²) in [5, 5.41) is 19.2. The fourth-order valence-corrected chi connectivity index (χ4v) is 6.35. The lowest BCUT2D eigenvalue weighted by atomic mass is 9.86. The summed E-state index contributed by atoms with van der Waals surface area (Å²) in [4.78, 5) is 64.5. The fraction of sp³-hybridized carbons (Fsp3) is 0.381. The first-order valence-corrected chi connectivity index (χ1v) is 13.7. The monoisotopic (exact) mass is 584 g/mol. The van der Waals surface area contributed by atoms with Gasteiger partial charge in [-0.15, -0.1) is 22.7 Å². The summed E-state index contributed by atoms with van der Waals surface area (Å²) >= 11 is 3.27. The second kappa shape index (κ2) is 11.9. The van der Waals surface area contributed by atoms with E-state index in [4.69, 9.17) is 15.3 Å². The van der Waals surface area contributed by atoms with Crippen molar-refractivity contribution in [3.63, 3.8) is 0 Å². The molecule has 0 unspecified atom stereocenters. The predicted molar refractivity (Wildman–Crippen MR) is 135 cm³/mol. The number of allylic oxidation sites excluding steroid dienone is 1. The summed E-state index contributed by atoms with van der Waals surface area (Å²) in [7, 11) is 0. The zero-order valence-electron chi connectivity index (χ0n) is 19.7. The number of nitrogens with two attached hydrogens (primary N) is 1. The molecule has 0 radical (unpaired) electrons. The molecule has 2 aliphatic heterocycles. The molecule has 0 bridgehead atoms. The summed E-state index contributed by atoms with van der Waals surface area (Å²) < 4.78 is 17.8. The van der Waals surface area contributed by atoms with Gasteiger partial charge in [0.15, 0.2) is 20.9 Å². The number of carbonyl (C=O) groups excluding carboxylic acids is 3. The number of hydrogen-bond acceptors (Lipinski definition) is 13. The molecule has 17 heteroatoms. The minimum Gasteiger partial charge on any atom is -0.477 e. The number of amides is 2. The van der Waals surface area contributed by atoms with Gasteiger partial charge >= 0.3 is 11.9 Å². The number of esters is 1. The number of aliphatic carboxylic acids is 1. The van der Waals surface area contributed by atoms with Gasteiger partial charge in [0.05, 0.1) is 12.6 Å². The van der Waals surface area contributed by atoms with Crippen molar-refractivity contribution < 1.29 is 38.2 Å². The van der Waals surface area contributed by atoms with Gasteiger partial charge in [0.25, 0.3) is 11.8 Å². The quantitative estimate of drug-likeness (QED) is 0.115. The van der Waals surface area contributed by atoms with E-state index in [0.717, 1.165) is 39.3 Å². The summed E-state index contributed by atoms with van der Waals surface area (Å²) in [5.74, 6) is -3.31. The third kappa shape index (κ3) is 5.63. The number of nitrogen functional groups attached to an aromatic ring is 1. The molecule has 13 nitrogen and oxygen atoms in total. The Labute approximate surface area is 226 Å². The molecule has 38 heavy (non-hydrogen) atoms.